The highest BCUT2D eigenvalue weighted by Gasteiger charge is 2.44. The maximum absolute atomic E-state index is 14.9. The second-order valence-electron chi connectivity index (χ2n) is 17.4. The molecule has 0 spiro atoms. The molecule has 66 heavy (non-hydrogen) atoms. The summed E-state index contributed by atoms with van der Waals surface area (Å²) >= 11 is 6.95. The van der Waals surface area contributed by atoms with Crippen molar-refractivity contribution in [1.29, 1.82) is 0 Å². The van der Waals surface area contributed by atoms with Crippen LogP contribution in [0.25, 0.3) is 11.1 Å². The molecule has 0 saturated heterocycles. The van der Waals surface area contributed by atoms with Gasteiger partial charge in [-0.2, -0.15) is 0 Å². The van der Waals surface area contributed by atoms with Gasteiger partial charge in [-0.15, -0.1) is 0 Å². The number of fused-ring (bicyclic) bond motifs is 4. The predicted molar refractivity (Wildman–Crippen MR) is 257 cm³/mol. The SMILES string of the molecule is Cc1c(C)c(S(=O)(=O)NC(N)=NCCC[C@H](NC(=O)OCC2c3ccccc3-c3ccccc32)C(=O)OC(c2ccccc2)(c2ccccc2)c2ccccc2Cl)c(C)c2c1CC(C)(C)O2. The smallest absolute Gasteiger partial charge is 0.407 e. The lowest BCUT2D eigenvalue weighted by Gasteiger charge is -2.37. The highest BCUT2D eigenvalue weighted by Crippen LogP contribution is 2.47. The number of guanidine groups is 1. The third kappa shape index (κ3) is 8.99. The van der Waals surface area contributed by atoms with Gasteiger partial charge in [0.15, 0.2) is 5.60 Å². The van der Waals surface area contributed by atoms with Gasteiger partial charge in [-0.1, -0.05) is 139 Å². The van der Waals surface area contributed by atoms with Gasteiger partial charge in [0.25, 0.3) is 10.0 Å². The molecule has 0 aromatic heterocycles. The molecule has 4 N–H and O–H groups in total. The van der Waals surface area contributed by atoms with E-state index in [2.05, 4.69) is 27.2 Å². The summed E-state index contributed by atoms with van der Waals surface area (Å²) in [5.74, 6) is -0.745. The highest BCUT2D eigenvalue weighted by atomic mass is 35.5. The van der Waals surface area contributed by atoms with Crippen LogP contribution in [-0.2, 0) is 36.3 Å². The third-order valence-electron chi connectivity index (χ3n) is 12.5. The molecule has 0 fully saturated rings. The van der Waals surface area contributed by atoms with E-state index in [1.54, 1.807) is 26.0 Å². The summed E-state index contributed by atoms with van der Waals surface area (Å²) in [4.78, 5) is 33.2. The Kier molecular flexibility index (Phi) is 13.0. The third-order valence-corrected chi connectivity index (χ3v) is 14.5. The van der Waals surface area contributed by atoms with Gasteiger partial charge < -0.3 is 25.3 Å². The van der Waals surface area contributed by atoms with Crippen LogP contribution in [0.2, 0.25) is 5.02 Å². The van der Waals surface area contributed by atoms with Gasteiger partial charge >= 0.3 is 12.1 Å². The van der Waals surface area contributed by atoms with Gasteiger partial charge in [-0.25, -0.2) is 22.7 Å². The summed E-state index contributed by atoms with van der Waals surface area (Å²) < 4.78 is 49.1. The number of sulfonamides is 1. The van der Waals surface area contributed by atoms with Gasteiger partial charge in [0.1, 0.15) is 24.0 Å². The van der Waals surface area contributed by atoms with E-state index < -0.39 is 39.3 Å². The Morgan fingerprint density at radius 2 is 1.38 bits per heavy atom. The molecule has 1 amide bonds. The molecule has 6 aromatic carbocycles. The number of nitrogens with one attached hydrogen (secondary N) is 2. The molecule has 13 heteroatoms. The minimum Gasteiger partial charge on any atom is -0.487 e. The Morgan fingerprint density at radius 3 is 1.98 bits per heavy atom. The normalized spacial score (nSPS) is 14.6. The molecule has 11 nitrogen and oxygen atoms in total. The molecule has 0 unspecified atom stereocenters. The van der Waals surface area contributed by atoms with Crippen LogP contribution < -0.4 is 20.5 Å². The zero-order chi connectivity index (χ0) is 46.8. The van der Waals surface area contributed by atoms with Crippen LogP contribution in [0.4, 0.5) is 4.79 Å². The van der Waals surface area contributed by atoms with Crippen molar-refractivity contribution >= 4 is 39.6 Å². The van der Waals surface area contributed by atoms with E-state index in [4.69, 9.17) is 31.5 Å². The summed E-state index contributed by atoms with van der Waals surface area (Å²) in [5, 5.41) is 3.16. The van der Waals surface area contributed by atoms with Crippen molar-refractivity contribution in [3.05, 3.63) is 189 Å². The largest absolute Gasteiger partial charge is 0.487 e. The first kappa shape index (κ1) is 45.9. The fraction of sp³-hybridized carbons (Fsp3) is 0.264. The molecule has 0 saturated carbocycles. The number of aliphatic imine (C=N–C) groups is 1. The van der Waals surface area contributed by atoms with E-state index in [0.717, 1.165) is 33.4 Å². The number of halogens is 1. The second kappa shape index (κ2) is 18.7. The van der Waals surface area contributed by atoms with E-state index in [9.17, 15) is 18.0 Å². The minimum atomic E-state index is -4.18. The van der Waals surface area contributed by atoms with Crippen molar-refractivity contribution in [2.24, 2.45) is 10.7 Å². The molecule has 0 bridgehead atoms. The molecule has 8 rings (SSSR count). The Labute approximate surface area is 391 Å². The molecular weight excluding hydrogens is 872 g/mol. The van der Waals surface area contributed by atoms with Gasteiger partial charge in [-0.3, -0.25) is 4.99 Å². The van der Waals surface area contributed by atoms with Crippen LogP contribution in [-0.4, -0.2) is 51.2 Å². The van der Waals surface area contributed by atoms with Crippen LogP contribution in [0, 0.1) is 20.8 Å². The minimum absolute atomic E-state index is 0.00396. The topological polar surface area (TPSA) is 158 Å². The summed E-state index contributed by atoms with van der Waals surface area (Å²) in [6.45, 7) is 9.35. The molecular formula is C53H53ClN4O7S. The summed E-state index contributed by atoms with van der Waals surface area (Å²) in [6, 6.07) is 40.5. The number of carbonyl (C=O) groups excluding carboxylic acids is 2. The Balaban J connectivity index is 1.06. The van der Waals surface area contributed by atoms with Crippen molar-refractivity contribution in [3.63, 3.8) is 0 Å². The zero-order valence-electron chi connectivity index (χ0n) is 37.6. The van der Waals surface area contributed by atoms with Crippen LogP contribution in [0.15, 0.2) is 143 Å². The number of hydrogen-bond donors (Lipinski definition) is 3. The number of esters is 1. The van der Waals surface area contributed by atoms with Crippen LogP contribution in [0.1, 0.15) is 82.7 Å². The van der Waals surface area contributed by atoms with E-state index >= 15 is 0 Å². The van der Waals surface area contributed by atoms with E-state index in [-0.39, 0.29) is 42.8 Å². The Bertz CT molecular complexity index is 2860. The van der Waals surface area contributed by atoms with Crippen LogP contribution in [0.5, 0.6) is 5.75 Å². The van der Waals surface area contributed by atoms with Gasteiger partial charge in [0, 0.05) is 51.7 Å². The lowest BCUT2D eigenvalue weighted by atomic mass is 9.80. The van der Waals surface area contributed by atoms with E-state index in [0.29, 0.717) is 45.0 Å². The maximum atomic E-state index is 14.9. The predicted octanol–water partition coefficient (Wildman–Crippen LogP) is 9.79. The lowest BCUT2D eigenvalue weighted by Crippen LogP contribution is -2.46. The molecule has 1 heterocycles. The molecule has 340 valence electrons. The number of nitrogens with zero attached hydrogens (tertiary/aromatic N) is 1. The molecule has 0 radical (unpaired) electrons. The summed E-state index contributed by atoms with van der Waals surface area (Å²) in [6.07, 6.45) is 0.0438. The maximum Gasteiger partial charge on any atom is 0.407 e. The number of ether oxygens (including phenoxy) is 3. The number of alkyl carbamates (subject to hydrolysis) is 1. The van der Waals surface area contributed by atoms with Gasteiger partial charge in [-0.05, 0) is 86.9 Å². The lowest BCUT2D eigenvalue weighted by molar-refractivity contribution is -0.156. The van der Waals surface area contributed by atoms with E-state index in [1.807, 2.05) is 130 Å². The fourth-order valence-electron chi connectivity index (χ4n) is 9.38. The fourth-order valence-corrected chi connectivity index (χ4v) is 11.1. The number of benzene rings is 6. The molecule has 1 aliphatic heterocycles. The van der Waals surface area contributed by atoms with Crippen LogP contribution >= 0.6 is 11.6 Å². The van der Waals surface area contributed by atoms with Crippen molar-refractivity contribution in [1.82, 2.24) is 10.0 Å². The quantitative estimate of drug-likeness (QED) is 0.0320. The van der Waals surface area contributed by atoms with Crippen molar-refractivity contribution in [2.45, 2.75) is 81.9 Å². The highest BCUT2D eigenvalue weighted by molar-refractivity contribution is 7.90. The number of hydrogen-bond acceptors (Lipinski definition) is 8. The Hall–Kier alpha value is -6.63. The summed E-state index contributed by atoms with van der Waals surface area (Å²) in [7, 11) is -4.18. The Morgan fingerprint density at radius 1 is 0.818 bits per heavy atom. The first-order valence-electron chi connectivity index (χ1n) is 22.0. The number of carbonyl (C=O) groups is 2. The van der Waals surface area contributed by atoms with E-state index in [1.165, 1.54) is 0 Å². The monoisotopic (exact) mass is 924 g/mol. The number of nitrogens with two attached hydrogens (primary N) is 1. The number of rotatable bonds is 14. The standard InChI is InChI=1S/C53H53ClN4O7S/c1-33-34(2)48(35(3)47-42(33)31-52(4,5)64-47)66(61,62)58-50(55)56-30-18-29-46(57-51(60)63-32-43-40-25-14-12-23-38(40)39-24-13-15-26-41(39)43)49(59)65-53(36-19-8-6-9-20-36,37-21-10-7-11-22-37)44-27-16-17-28-45(44)54/h6-17,19-28,43,46H,18,29-32H2,1-5H3,(H,57,60)(H3,55,56,58)/t46-/m0/s1. The van der Waals surface area contributed by atoms with Crippen molar-refractivity contribution in [2.75, 3.05) is 13.2 Å². The second-order valence-corrected chi connectivity index (χ2v) is 19.4. The van der Waals surface area contributed by atoms with Crippen LogP contribution in [0.3, 0.4) is 0 Å². The van der Waals surface area contributed by atoms with Crippen molar-refractivity contribution in [3.8, 4) is 16.9 Å². The first-order chi connectivity index (χ1) is 31.6. The molecule has 6 aromatic rings. The average molecular weight is 926 g/mol. The van der Waals surface area contributed by atoms with Gasteiger partial charge in [0.2, 0.25) is 5.96 Å². The summed E-state index contributed by atoms with van der Waals surface area (Å²) in [5.41, 5.74) is 13.2. The first-order valence-corrected chi connectivity index (χ1v) is 23.8. The van der Waals surface area contributed by atoms with Crippen molar-refractivity contribution < 1.29 is 32.2 Å². The molecule has 1 aliphatic carbocycles. The molecule has 1 atom stereocenters. The molecule has 2 aliphatic rings. The van der Waals surface area contributed by atoms with Gasteiger partial charge in [0.05, 0.1) is 4.90 Å². The average Bonchev–Trinajstić information content (AvgIpc) is 3.82. The zero-order valence-corrected chi connectivity index (χ0v) is 39.1. The number of amides is 1.